The number of carbonyl (C=O) groups excluding carboxylic acids is 1. The van der Waals surface area contributed by atoms with Gasteiger partial charge in [-0.15, -0.1) is 0 Å². The molecule has 0 saturated heterocycles. The number of esters is 1. The maximum absolute atomic E-state index is 11.3. The Hall–Kier alpha value is -1.46. The second-order valence-electron chi connectivity index (χ2n) is 3.99. The zero-order valence-corrected chi connectivity index (χ0v) is 11.2. The van der Waals surface area contributed by atoms with Gasteiger partial charge >= 0.3 is 13.8 Å². The van der Waals surface area contributed by atoms with Crippen molar-refractivity contribution in [1.29, 1.82) is 0 Å². The summed E-state index contributed by atoms with van der Waals surface area (Å²) in [6.07, 6.45) is 0.971. The van der Waals surface area contributed by atoms with E-state index < -0.39 is 26.0 Å². The van der Waals surface area contributed by atoms with Crippen molar-refractivity contribution in [3.63, 3.8) is 0 Å². The highest BCUT2D eigenvalue weighted by molar-refractivity contribution is 7.46. The molecule has 1 aromatic rings. The molecule has 0 radical (unpaired) electrons. The molecule has 0 heterocycles. The fourth-order valence-corrected chi connectivity index (χ4v) is 1.85. The highest BCUT2D eigenvalue weighted by Crippen LogP contribution is 2.39. The van der Waals surface area contributed by atoms with Crippen LogP contribution < -0.4 is 0 Å². The highest BCUT2D eigenvalue weighted by atomic mass is 31.2. The summed E-state index contributed by atoms with van der Waals surface area (Å²) in [5.41, 5.74) is -0.758. The standard InChI is InChI=1S/C12H15O6P/c1-3-11(13)18-12(2,9-17-19(14,15)16)10-7-5-4-6-8-10/h3-8H,1,9H2,2H3,(H2,14,15,16). The number of carbonyl (C=O) groups is 1. The van der Waals surface area contributed by atoms with Crippen LogP contribution >= 0.6 is 7.82 Å². The molecule has 2 N–H and O–H groups in total. The molecular formula is C12H15O6P. The number of hydrogen-bond donors (Lipinski definition) is 2. The molecule has 1 rings (SSSR count). The molecule has 19 heavy (non-hydrogen) atoms. The van der Waals surface area contributed by atoms with Gasteiger partial charge in [-0.25, -0.2) is 9.36 Å². The molecule has 1 unspecified atom stereocenters. The Morgan fingerprint density at radius 2 is 2.00 bits per heavy atom. The Morgan fingerprint density at radius 3 is 2.47 bits per heavy atom. The minimum absolute atomic E-state index is 0.471. The molecule has 0 aliphatic rings. The SMILES string of the molecule is C=CC(=O)OC(C)(COP(=O)(O)O)c1ccccc1. The molecule has 104 valence electrons. The van der Waals surface area contributed by atoms with Crippen LogP contribution in [0.15, 0.2) is 43.0 Å². The van der Waals surface area contributed by atoms with Crippen LogP contribution in [0.1, 0.15) is 12.5 Å². The van der Waals surface area contributed by atoms with E-state index in [2.05, 4.69) is 11.1 Å². The van der Waals surface area contributed by atoms with Gasteiger partial charge in [-0.2, -0.15) is 0 Å². The van der Waals surface area contributed by atoms with Gasteiger partial charge in [0.25, 0.3) is 0 Å². The van der Waals surface area contributed by atoms with Gasteiger partial charge in [0.1, 0.15) is 6.61 Å². The van der Waals surface area contributed by atoms with E-state index in [1.807, 2.05) is 0 Å². The largest absolute Gasteiger partial charge is 0.469 e. The number of rotatable bonds is 6. The van der Waals surface area contributed by atoms with Gasteiger partial charge in [0, 0.05) is 6.08 Å². The quantitative estimate of drug-likeness (QED) is 0.470. The molecule has 0 saturated carbocycles. The Labute approximate surface area is 110 Å². The minimum Gasteiger partial charge on any atom is -0.449 e. The van der Waals surface area contributed by atoms with E-state index in [4.69, 9.17) is 14.5 Å². The van der Waals surface area contributed by atoms with Gasteiger partial charge in [0.15, 0.2) is 5.60 Å². The Bertz CT molecular complexity index is 494. The summed E-state index contributed by atoms with van der Waals surface area (Å²) in [5.74, 6) is -0.708. The van der Waals surface area contributed by atoms with Gasteiger partial charge in [-0.1, -0.05) is 36.9 Å². The smallest absolute Gasteiger partial charge is 0.449 e. The van der Waals surface area contributed by atoms with Crippen molar-refractivity contribution in [2.45, 2.75) is 12.5 Å². The average molecular weight is 286 g/mol. The summed E-state index contributed by atoms with van der Waals surface area (Å²) in [5, 5.41) is 0. The highest BCUT2D eigenvalue weighted by Gasteiger charge is 2.33. The predicted octanol–water partition coefficient (Wildman–Crippen LogP) is 1.74. The molecule has 0 bridgehead atoms. The van der Waals surface area contributed by atoms with Crippen LogP contribution in [0.5, 0.6) is 0 Å². The van der Waals surface area contributed by atoms with Crippen LogP contribution in [0.3, 0.4) is 0 Å². The third-order valence-corrected chi connectivity index (χ3v) is 2.85. The van der Waals surface area contributed by atoms with Gasteiger partial charge in [0.05, 0.1) is 0 Å². The van der Waals surface area contributed by atoms with Gasteiger partial charge in [-0.3, -0.25) is 4.52 Å². The molecule has 0 aliphatic heterocycles. The lowest BCUT2D eigenvalue weighted by atomic mass is 9.97. The molecule has 0 amide bonds. The van der Waals surface area contributed by atoms with E-state index >= 15 is 0 Å². The third kappa shape index (κ3) is 4.96. The van der Waals surface area contributed by atoms with Gasteiger partial charge in [-0.05, 0) is 12.5 Å². The normalized spacial score (nSPS) is 14.5. The van der Waals surface area contributed by atoms with Crippen LogP contribution in [0, 0.1) is 0 Å². The average Bonchev–Trinajstić information content (AvgIpc) is 2.36. The van der Waals surface area contributed by atoms with Crippen molar-refractivity contribution in [2.24, 2.45) is 0 Å². The molecular weight excluding hydrogens is 271 g/mol. The first kappa shape index (κ1) is 15.6. The molecule has 1 atom stereocenters. The van der Waals surface area contributed by atoms with E-state index in [9.17, 15) is 9.36 Å². The zero-order chi connectivity index (χ0) is 14.5. The maximum Gasteiger partial charge on any atom is 0.469 e. The van der Waals surface area contributed by atoms with Crippen LogP contribution in [-0.2, 0) is 24.2 Å². The molecule has 0 fully saturated rings. The predicted molar refractivity (Wildman–Crippen MR) is 68.1 cm³/mol. The molecule has 0 aliphatic carbocycles. The second kappa shape index (κ2) is 6.12. The summed E-state index contributed by atoms with van der Waals surface area (Å²) >= 11 is 0. The number of ether oxygens (including phenoxy) is 1. The number of hydrogen-bond acceptors (Lipinski definition) is 4. The van der Waals surface area contributed by atoms with Crippen LogP contribution in [-0.4, -0.2) is 22.4 Å². The monoisotopic (exact) mass is 286 g/mol. The lowest BCUT2D eigenvalue weighted by Gasteiger charge is -2.29. The summed E-state index contributed by atoms with van der Waals surface area (Å²) in [6, 6.07) is 8.53. The fraction of sp³-hybridized carbons (Fsp3) is 0.250. The Kier molecular flexibility index (Phi) is 5.03. The maximum atomic E-state index is 11.3. The van der Waals surface area contributed by atoms with Crippen LogP contribution in [0.4, 0.5) is 0 Å². The topological polar surface area (TPSA) is 93.1 Å². The Morgan fingerprint density at radius 1 is 1.42 bits per heavy atom. The first-order chi connectivity index (χ1) is 8.77. The van der Waals surface area contributed by atoms with E-state index in [1.54, 1.807) is 30.3 Å². The molecule has 0 spiro atoms. The summed E-state index contributed by atoms with van der Waals surface area (Å²) in [7, 11) is -4.65. The van der Waals surface area contributed by atoms with Crippen molar-refractivity contribution < 1.29 is 28.4 Å². The zero-order valence-electron chi connectivity index (χ0n) is 10.4. The van der Waals surface area contributed by atoms with Crippen LogP contribution in [0.2, 0.25) is 0 Å². The Balaban J connectivity index is 3.00. The lowest BCUT2D eigenvalue weighted by molar-refractivity contribution is -0.156. The molecule has 6 nitrogen and oxygen atoms in total. The van der Waals surface area contributed by atoms with E-state index in [0.29, 0.717) is 5.56 Å². The summed E-state index contributed by atoms with van der Waals surface area (Å²) in [4.78, 5) is 28.8. The van der Waals surface area contributed by atoms with E-state index in [1.165, 1.54) is 6.92 Å². The van der Waals surface area contributed by atoms with Crippen molar-refractivity contribution >= 4 is 13.8 Å². The number of benzene rings is 1. The second-order valence-corrected chi connectivity index (χ2v) is 5.23. The van der Waals surface area contributed by atoms with Crippen molar-refractivity contribution in [3.05, 3.63) is 48.6 Å². The lowest BCUT2D eigenvalue weighted by Crippen LogP contribution is -2.33. The fourth-order valence-electron chi connectivity index (χ4n) is 1.43. The number of phosphoric ester groups is 1. The minimum atomic E-state index is -4.65. The third-order valence-electron chi connectivity index (χ3n) is 2.39. The van der Waals surface area contributed by atoms with Crippen LogP contribution in [0.25, 0.3) is 0 Å². The van der Waals surface area contributed by atoms with Gasteiger partial charge < -0.3 is 14.5 Å². The first-order valence-corrected chi connectivity index (χ1v) is 6.91. The van der Waals surface area contributed by atoms with Crippen molar-refractivity contribution in [2.75, 3.05) is 6.61 Å². The molecule has 7 heteroatoms. The van der Waals surface area contributed by atoms with E-state index in [-0.39, 0.29) is 0 Å². The molecule has 1 aromatic carbocycles. The van der Waals surface area contributed by atoms with Crippen molar-refractivity contribution in [1.82, 2.24) is 0 Å². The summed E-state index contributed by atoms with van der Waals surface area (Å²) < 4.78 is 20.4. The summed E-state index contributed by atoms with van der Waals surface area (Å²) in [6.45, 7) is 4.31. The molecule has 0 aromatic heterocycles. The first-order valence-electron chi connectivity index (χ1n) is 5.38. The van der Waals surface area contributed by atoms with Crippen molar-refractivity contribution in [3.8, 4) is 0 Å². The van der Waals surface area contributed by atoms with Gasteiger partial charge in [0.2, 0.25) is 0 Å². The number of phosphoric acid groups is 1. The van der Waals surface area contributed by atoms with E-state index in [0.717, 1.165) is 6.08 Å².